The first kappa shape index (κ1) is 18.3. The molecule has 3 aromatic rings. The van der Waals surface area contributed by atoms with Gasteiger partial charge in [0.2, 0.25) is 0 Å². The van der Waals surface area contributed by atoms with Crippen molar-refractivity contribution in [3.63, 3.8) is 0 Å². The molecule has 9 heteroatoms. The number of hydrogen-bond acceptors (Lipinski definition) is 6. The van der Waals surface area contributed by atoms with Crippen LogP contribution in [0, 0.1) is 10.1 Å². The Balaban J connectivity index is 1.29. The Morgan fingerprint density at radius 2 is 1.89 bits per heavy atom. The number of fused-ring (bicyclic) bond motifs is 1. The third-order valence-electron chi connectivity index (χ3n) is 4.80. The lowest BCUT2D eigenvalue weighted by Gasteiger charge is -2.31. The number of thiazole rings is 1. The summed E-state index contributed by atoms with van der Waals surface area (Å²) in [6, 6.07) is 14.0. The van der Waals surface area contributed by atoms with Gasteiger partial charge in [-0.05, 0) is 24.3 Å². The fraction of sp³-hybridized carbons (Fsp3) is 0.263. The number of nitrogens with one attached hydrogen (secondary N) is 2. The summed E-state index contributed by atoms with van der Waals surface area (Å²) in [6.45, 7) is 3.83. The van der Waals surface area contributed by atoms with Gasteiger partial charge in [0.1, 0.15) is 0 Å². The van der Waals surface area contributed by atoms with E-state index in [9.17, 15) is 14.9 Å². The number of nitrogens with zero attached hydrogens (tertiary/aromatic N) is 3. The number of piperazine rings is 1. The first-order valence-corrected chi connectivity index (χ1v) is 9.88. The second-order valence-corrected chi connectivity index (χ2v) is 7.74. The topological polar surface area (TPSA) is 92.8 Å². The Hall–Kier alpha value is -3.04. The van der Waals surface area contributed by atoms with E-state index in [1.54, 1.807) is 23.5 Å². The summed E-state index contributed by atoms with van der Waals surface area (Å²) in [4.78, 5) is 30.7. The molecule has 0 saturated carbocycles. The molecule has 1 amide bonds. The van der Waals surface area contributed by atoms with Crippen LogP contribution < -0.4 is 15.1 Å². The fourth-order valence-electron chi connectivity index (χ4n) is 3.29. The first-order valence-electron chi connectivity index (χ1n) is 9.07. The minimum atomic E-state index is -0.458. The maximum absolute atomic E-state index is 12.3. The van der Waals surface area contributed by atoms with Crippen molar-refractivity contribution in [1.82, 2.24) is 4.98 Å². The molecule has 1 fully saturated rings. The van der Waals surface area contributed by atoms with E-state index in [1.165, 1.54) is 21.7 Å². The van der Waals surface area contributed by atoms with Crippen molar-refractivity contribution in [2.45, 2.75) is 0 Å². The molecule has 0 atom stereocenters. The van der Waals surface area contributed by atoms with E-state index in [0.29, 0.717) is 12.2 Å². The van der Waals surface area contributed by atoms with Gasteiger partial charge in [-0.15, -0.1) is 0 Å². The number of aromatic nitrogens is 1. The summed E-state index contributed by atoms with van der Waals surface area (Å²) < 4.78 is 1.19. The van der Waals surface area contributed by atoms with Gasteiger partial charge in [0.15, 0.2) is 11.7 Å². The molecule has 0 aliphatic carbocycles. The van der Waals surface area contributed by atoms with Gasteiger partial charge in [0, 0.05) is 17.8 Å². The van der Waals surface area contributed by atoms with E-state index in [-0.39, 0.29) is 11.6 Å². The zero-order valence-electron chi connectivity index (χ0n) is 15.1. The predicted octanol–water partition coefficient (Wildman–Crippen LogP) is 1.55. The molecule has 1 aromatic heterocycles. The SMILES string of the molecule is O=C(C[NH+]1CCN(c2nc3ccccc3s2)CC1)Nc1ccc([N+](=O)[O-])cc1. The van der Waals surface area contributed by atoms with Crippen LogP contribution in [0.3, 0.4) is 0 Å². The van der Waals surface area contributed by atoms with Gasteiger partial charge in [-0.25, -0.2) is 4.98 Å². The molecule has 144 valence electrons. The van der Waals surface area contributed by atoms with E-state index in [1.807, 2.05) is 18.2 Å². The number of anilines is 2. The number of amides is 1. The Morgan fingerprint density at radius 1 is 1.18 bits per heavy atom. The lowest BCUT2D eigenvalue weighted by atomic mass is 10.2. The molecule has 0 bridgehead atoms. The zero-order valence-corrected chi connectivity index (χ0v) is 15.9. The minimum Gasteiger partial charge on any atom is -0.337 e. The molecule has 2 heterocycles. The Labute approximate surface area is 165 Å². The summed E-state index contributed by atoms with van der Waals surface area (Å²) in [7, 11) is 0. The highest BCUT2D eigenvalue weighted by atomic mass is 32.1. The largest absolute Gasteiger partial charge is 0.337 e. The molecular formula is C19H20N5O3S+. The number of hydrogen-bond donors (Lipinski definition) is 2. The molecular weight excluding hydrogens is 378 g/mol. The van der Waals surface area contributed by atoms with Crippen molar-refractivity contribution in [3.05, 3.63) is 58.6 Å². The number of nitro benzene ring substituents is 1. The maximum atomic E-state index is 12.3. The number of nitro groups is 1. The smallest absolute Gasteiger partial charge is 0.279 e. The van der Waals surface area contributed by atoms with E-state index >= 15 is 0 Å². The fourth-order valence-corrected chi connectivity index (χ4v) is 4.30. The second-order valence-electron chi connectivity index (χ2n) is 6.73. The standard InChI is InChI=1S/C19H19N5O3S/c25-18(20-14-5-7-15(8-6-14)24(26)27)13-22-9-11-23(12-10-22)19-21-16-3-1-2-4-17(16)28-19/h1-8H,9-13H2,(H,20,25)/p+1. The number of benzene rings is 2. The van der Waals surface area contributed by atoms with Crippen LogP contribution in [0.25, 0.3) is 10.2 Å². The highest BCUT2D eigenvalue weighted by Gasteiger charge is 2.24. The van der Waals surface area contributed by atoms with Crippen LogP contribution in [0.4, 0.5) is 16.5 Å². The molecule has 0 radical (unpaired) electrons. The summed E-state index contributed by atoms with van der Waals surface area (Å²) in [5, 5.41) is 14.5. The van der Waals surface area contributed by atoms with E-state index < -0.39 is 4.92 Å². The number of carbonyl (C=O) groups is 1. The molecule has 8 nitrogen and oxygen atoms in total. The molecule has 1 aliphatic heterocycles. The molecule has 1 aliphatic rings. The first-order chi connectivity index (χ1) is 13.6. The number of non-ortho nitro benzene ring substituents is 1. The van der Waals surface area contributed by atoms with Crippen LogP contribution in [0.15, 0.2) is 48.5 Å². The van der Waals surface area contributed by atoms with Gasteiger partial charge >= 0.3 is 0 Å². The van der Waals surface area contributed by atoms with Crippen molar-refractivity contribution >= 4 is 44.0 Å². The van der Waals surface area contributed by atoms with Crippen LogP contribution in [0.5, 0.6) is 0 Å². The van der Waals surface area contributed by atoms with E-state index in [2.05, 4.69) is 16.3 Å². The van der Waals surface area contributed by atoms with Gasteiger partial charge in [0.05, 0.1) is 41.3 Å². The van der Waals surface area contributed by atoms with Gasteiger partial charge in [-0.1, -0.05) is 23.5 Å². The van der Waals surface area contributed by atoms with Crippen LogP contribution in [0.2, 0.25) is 0 Å². The molecule has 28 heavy (non-hydrogen) atoms. The van der Waals surface area contributed by atoms with Crippen molar-refractivity contribution in [2.75, 3.05) is 42.9 Å². The van der Waals surface area contributed by atoms with Crippen molar-refractivity contribution < 1.29 is 14.6 Å². The number of quaternary nitrogens is 1. The zero-order chi connectivity index (χ0) is 19.5. The molecule has 4 rings (SSSR count). The maximum Gasteiger partial charge on any atom is 0.279 e. The average Bonchev–Trinajstić information content (AvgIpc) is 3.13. The molecule has 2 aromatic carbocycles. The van der Waals surface area contributed by atoms with Crippen molar-refractivity contribution in [1.29, 1.82) is 0 Å². The number of carbonyl (C=O) groups excluding carboxylic acids is 1. The highest BCUT2D eigenvalue weighted by Crippen LogP contribution is 2.28. The minimum absolute atomic E-state index is 0.00888. The lowest BCUT2D eigenvalue weighted by Crippen LogP contribution is -3.15. The number of para-hydroxylation sites is 1. The Bertz CT molecular complexity index is 963. The van der Waals surface area contributed by atoms with Crippen LogP contribution in [-0.4, -0.2) is 48.5 Å². The van der Waals surface area contributed by atoms with E-state index in [0.717, 1.165) is 36.8 Å². The molecule has 2 N–H and O–H groups in total. The Morgan fingerprint density at radius 3 is 2.57 bits per heavy atom. The van der Waals surface area contributed by atoms with Crippen LogP contribution >= 0.6 is 11.3 Å². The molecule has 0 unspecified atom stereocenters. The Kier molecular flexibility index (Phi) is 5.18. The predicted molar refractivity (Wildman–Crippen MR) is 109 cm³/mol. The third kappa shape index (κ3) is 4.10. The van der Waals surface area contributed by atoms with Gasteiger partial charge < -0.3 is 15.1 Å². The highest BCUT2D eigenvalue weighted by molar-refractivity contribution is 7.22. The van der Waals surface area contributed by atoms with Crippen LogP contribution in [0.1, 0.15) is 0 Å². The molecule has 1 saturated heterocycles. The normalized spacial score (nSPS) is 14.9. The van der Waals surface area contributed by atoms with Gasteiger partial charge in [-0.3, -0.25) is 14.9 Å². The monoisotopic (exact) mass is 398 g/mol. The third-order valence-corrected chi connectivity index (χ3v) is 5.89. The molecule has 0 spiro atoms. The summed E-state index contributed by atoms with van der Waals surface area (Å²) in [5.74, 6) is -0.0858. The van der Waals surface area contributed by atoms with Gasteiger partial charge in [0.25, 0.3) is 11.6 Å². The second kappa shape index (κ2) is 7.91. The van der Waals surface area contributed by atoms with Crippen molar-refractivity contribution in [3.8, 4) is 0 Å². The van der Waals surface area contributed by atoms with E-state index in [4.69, 9.17) is 4.98 Å². The lowest BCUT2D eigenvalue weighted by molar-refractivity contribution is -0.892. The summed E-state index contributed by atoms with van der Waals surface area (Å²) >= 11 is 1.70. The van der Waals surface area contributed by atoms with Crippen LogP contribution in [-0.2, 0) is 4.79 Å². The number of rotatable bonds is 5. The van der Waals surface area contributed by atoms with Gasteiger partial charge in [-0.2, -0.15) is 0 Å². The average molecular weight is 398 g/mol. The summed E-state index contributed by atoms with van der Waals surface area (Å²) in [6.07, 6.45) is 0. The summed E-state index contributed by atoms with van der Waals surface area (Å²) in [5.41, 5.74) is 1.61. The van der Waals surface area contributed by atoms with Crippen molar-refractivity contribution in [2.24, 2.45) is 0 Å². The quantitative estimate of drug-likeness (QED) is 0.503.